The second-order valence-electron chi connectivity index (χ2n) is 2.88. The standard InChI is InChI=1S/C10H15N3OS/c1-3-13(10(14)11-2)15-8-9-5-4-6-12-7-9/h4-7H,3,8H2,1-2H3,(H,11,14). The molecule has 0 radical (unpaired) electrons. The predicted octanol–water partition coefficient (Wildman–Crippen LogP) is 1.89. The Bertz CT molecular complexity index is 305. The Morgan fingerprint density at radius 3 is 3.00 bits per heavy atom. The van der Waals surface area contributed by atoms with Gasteiger partial charge in [-0.3, -0.25) is 9.29 Å². The number of pyridine rings is 1. The molecule has 0 aromatic carbocycles. The average molecular weight is 225 g/mol. The van der Waals surface area contributed by atoms with Crippen molar-refractivity contribution in [1.29, 1.82) is 0 Å². The Morgan fingerprint density at radius 2 is 2.47 bits per heavy atom. The maximum Gasteiger partial charge on any atom is 0.327 e. The maximum atomic E-state index is 11.3. The first-order valence-corrected chi connectivity index (χ1v) is 5.73. The van der Waals surface area contributed by atoms with Crippen molar-refractivity contribution in [2.24, 2.45) is 0 Å². The molecule has 0 atom stereocenters. The summed E-state index contributed by atoms with van der Waals surface area (Å²) in [6.45, 7) is 2.64. The minimum absolute atomic E-state index is 0.0635. The number of hydrogen-bond acceptors (Lipinski definition) is 3. The van der Waals surface area contributed by atoms with Crippen LogP contribution >= 0.6 is 11.9 Å². The van der Waals surface area contributed by atoms with Crippen molar-refractivity contribution in [3.05, 3.63) is 30.1 Å². The summed E-state index contributed by atoms with van der Waals surface area (Å²) in [7, 11) is 1.63. The van der Waals surface area contributed by atoms with Gasteiger partial charge in [0.15, 0.2) is 0 Å². The lowest BCUT2D eigenvalue weighted by Gasteiger charge is -2.18. The lowest BCUT2D eigenvalue weighted by molar-refractivity contribution is 0.229. The summed E-state index contributed by atoms with van der Waals surface area (Å²) < 4.78 is 1.69. The van der Waals surface area contributed by atoms with Crippen LogP contribution in [0, 0.1) is 0 Å². The van der Waals surface area contributed by atoms with Gasteiger partial charge in [-0.2, -0.15) is 0 Å². The van der Waals surface area contributed by atoms with E-state index < -0.39 is 0 Å². The molecule has 0 saturated carbocycles. The fourth-order valence-corrected chi connectivity index (χ4v) is 1.92. The van der Waals surface area contributed by atoms with Crippen LogP contribution in [0.4, 0.5) is 4.79 Å². The maximum absolute atomic E-state index is 11.3. The molecule has 0 unspecified atom stereocenters. The number of amides is 2. The summed E-state index contributed by atoms with van der Waals surface area (Å²) in [5.74, 6) is 0.759. The highest BCUT2D eigenvalue weighted by Crippen LogP contribution is 2.15. The summed E-state index contributed by atoms with van der Waals surface area (Å²) >= 11 is 1.49. The lowest BCUT2D eigenvalue weighted by Crippen LogP contribution is -2.32. The highest BCUT2D eigenvalue weighted by molar-refractivity contribution is 7.96. The van der Waals surface area contributed by atoms with Gasteiger partial charge in [-0.1, -0.05) is 6.07 Å². The Balaban J connectivity index is 2.44. The summed E-state index contributed by atoms with van der Waals surface area (Å²) in [4.78, 5) is 15.4. The Labute approximate surface area is 94.2 Å². The van der Waals surface area contributed by atoms with Gasteiger partial charge < -0.3 is 5.32 Å². The number of hydrogen-bond donors (Lipinski definition) is 1. The van der Waals surface area contributed by atoms with Crippen LogP contribution in [0.25, 0.3) is 0 Å². The Morgan fingerprint density at radius 1 is 1.67 bits per heavy atom. The van der Waals surface area contributed by atoms with E-state index in [0.717, 1.165) is 11.3 Å². The zero-order valence-electron chi connectivity index (χ0n) is 8.93. The van der Waals surface area contributed by atoms with Crippen LogP contribution in [-0.2, 0) is 5.75 Å². The average Bonchev–Trinajstić information content (AvgIpc) is 2.31. The molecule has 1 heterocycles. The molecule has 5 heteroatoms. The molecule has 0 bridgehead atoms. The van der Waals surface area contributed by atoms with Crippen LogP contribution in [-0.4, -0.2) is 28.9 Å². The number of carbonyl (C=O) groups is 1. The molecule has 4 nitrogen and oxygen atoms in total. The molecule has 82 valence electrons. The van der Waals surface area contributed by atoms with Crippen molar-refractivity contribution in [2.75, 3.05) is 13.6 Å². The van der Waals surface area contributed by atoms with Gasteiger partial charge in [0.05, 0.1) is 0 Å². The Kier molecular flexibility index (Phi) is 4.97. The molecule has 1 N–H and O–H groups in total. The first-order valence-electron chi connectivity index (χ1n) is 4.79. The first kappa shape index (κ1) is 11.8. The quantitative estimate of drug-likeness (QED) is 0.796. The molecule has 1 rings (SSSR count). The number of nitrogens with one attached hydrogen (secondary N) is 1. The molecule has 0 aliphatic rings. The fraction of sp³-hybridized carbons (Fsp3) is 0.400. The molecule has 0 saturated heterocycles. The molecule has 15 heavy (non-hydrogen) atoms. The van der Waals surface area contributed by atoms with E-state index in [9.17, 15) is 4.79 Å². The molecule has 1 aromatic rings. The SMILES string of the molecule is CCN(SCc1cccnc1)C(=O)NC. The van der Waals surface area contributed by atoms with Crippen LogP contribution in [0.1, 0.15) is 12.5 Å². The zero-order chi connectivity index (χ0) is 11.1. The highest BCUT2D eigenvalue weighted by atomic mass is 32.2. The van der Waals surface area contributed by atoms with Gasteiger partial charge in [0, 0.05) is 31.7 Å². The van der Waals surface area contributed by atoms with Crippen LogP contribution < -0.4 is 5.32 Å². The van der Waals surface area contributed by atoms with Gasteiger partial charge >= 0.3 is 6.03 Å². The molecule has 1 aromatic heterocycles. The van der Waals surface area contributed by atoms with Crippen LogP contribution in [0.5, 0.6) is 0 Å². The van der Waals surface area contributed by atoms with Crippen molar-refractivity contribution in [3.8, 4) is 0 Å². The third kappa shape index (κ3) is 3.79. The van der Waals surface area contributed by atoms with Gasteiger partial charge in [-0.25, -0.2) is 4.79 Å². The summed E-state index contributed by atoms with van der Waals surface area (Å²) in [6, 6.07) is 3.83. The summed E-state index contributed by atoms with van der Waals surface area (Å²) in [5, 5.41) is 2.60. The van der Waals surface area contributed by atoms with E-state index in [4.69, 9.17) is 0 Å². The van der Waals surface area contributed by atoms with Crippen molar-refractivity contribution in [3.63, 3.8) is 0 Å². The third-order valence-electron chi connectivity index (χ3n) is 1.84. The summed E-state index contributed by atoms with van der Waals surface area (Å²) in [6.07, 6.45) is 3.55. The van der Waals surface area contributed by atoms with Crippen molar-refractivity contribution in [1.82, 2.24) is 14.6 Å². The van der Waals surface area contributed by atoms with Crippen molar-refractivity contribution < 1.29 is 4.79 Å². The van der Waals surface area contributed by atoms with Crippen LogP contribution in [0.3, 0.4) is 0 Å². The van der Waals surface area contributed by atoms with Crippen molar-refractivity contribution >= 4 is 18.0 Å². The highest BCUT2D eigenvalue weighted by Gasteiger charge is 2.09. The summed E-state index contributed by atoms with van der Waals surface area (Å²) in [5.41, 5.74) is 1.12. The van der Waals surface area contributed by atoms with E-state index in [1.54, 1.807) is 17.5 Å². The number of aromatic nitrogens is 1. The Hall–Kier alpha value is -1.23. The van der Waals surface area contributed by atoms with Gasteiger partial charge in [-0.15, -0.1) is 0 Å². The van der Waals surface area contributed by atoms with E-state index in [2.05, 4.69) is 10.3 Å². The molecular weight excluding hydrogens is 210 g/mol. The lowest BCUT2D eigenvalue weighted by atomic mass is 10.3. The van der Waals surface area contributed by atoms with E-state index in [-0.39, 0.29) is 6.03 Å². The van der Waals surface area contributed by atoms with Gasteiger partial charge in [-0.05, 0) is 30.5 Å². The molecular formula is C10H15N3OS. The molecule has 0 aliphatic heterocycles. The second-order valence-corrected chi connectivity index (χ2v) is 3.87. The smallest absolute Gasteiger partial charge is 0.327 e. The van der Waals surface area contributed by atoms with E-state index in [0.29, 0.717) is 6.54 Å². The van der Waals surface area contributed by atoms with Crippen LogP contribution in [0.15, 0.2) is 24.5 Å². The van der Waals surface area contributed by atoms with Gasteiger partial charge in [0.25, 0.3) is 0 Å². The number of rotatable bonds is 4. The van der Waals surface area contributed by atoms with E-state index in [1.807, 2.05) is 25.3 Å². The monoisotopic (exact) mass is 225 g/mol. The topological polar surface area (TPSA) is 45.2 Å². The first-order chi connectivity index (χ1) is 7.27. The number of nitrogens with zero attached hydrogens (tertiary/aromatic N) is 2. The van der Waals surface area contributed by atoms with Crippen LogP contribution in [0.2, 0.25) is 0 Å². The fourth-order valence-electron chi connectivity index (χ4n) is 1.05. The predicted molar refractivity (Wildman–Crippen MR) is 62.4 cm³/mol. The third-order valence-corrected chi connectivity index (χ3v) is 3.04. The van der Waals surface area contributed by atoms with E-state index in [1.165, 1.54) is 11.9 Å². The second kappa shape index (κ2) is 6.29. The minimum atomic E-state index is -0.0635. The normalized spacial score (nSPS) is 9.73. The molecule has 0 aliphatic carbocycles. The largest absolute Gasteiger partial charge is 0.340 e. The van der Waals surface area contributed by atoms with Gasteiger partial charge in [0.1, 0.15) is 0 Å². The minimum Gasteiger partial charge on any atom is -0.340 e. The number of carbonyl (C=O) groups excluding carboxylic acids is 1. The molecule has 2 amide bonds. The molecule has 0 spiro atoms. The molecule has 0 fully saturated rings. The zero-order valence-corrected chi connectivity index (χ0v) is 9.75. The van der Waals surface area contributed by atoms with Gasteiger partial charge in [0.2, 0.25) is 0 Å². The number of urea groups is 1. The van der Waals surface area contributed by atoms with E-state index >= 15 is 0 Å². The van der Waals surface area contributed by atoms with Crippen molar-refractivity contribution in [2.45, 2.75) is 12.7 Å².